The summed E-state index contributed by atoms with van der Waals surface area (Å²) in [6.07, 6.45) is 1.28. The molecule has 0 aliphatic heterocycles. The predicted molar refractivity (Wildman–Crippen MR) is 71.6 cm³/mol. The van der Waals surface area contributed by atoms with E-state index in [2.05, 4.69) is 26.6 Å². The van der Waals surface area contributed by atoms with Gasteiger partial charge < -0.3 is 15.7 Å². The molecule has 0 saturated heterocycles. The number of hydrogen-bond acceptors (Lipinski definition) is 3. The van der Waals surface area contributed by atoms with Gasteiger partial charge in [0.2, 0.25) is 0 Å². The van der Waals surface area contributed by atoms with Crippen molar-refractivity contribution >= 4 is 39.3 Å². The first-order valence-corrected chi connectivity index (χ1v) is 7.18. The molecule has 5 nitrogen and oxygen atoms in total. The molecule has 0 bridgehead atoms. The molecular formula is C11H13BrN2O3S. The Balaban J connectivity index is 1.73. The summed E-state index contributed by atoms with van der Waals surface area (Å²) in [7, 11) is 0. The minimum atomic E-state index is -0.830. The summed E-state index contributed by atoms with van der Waals surface area (Å²) in [5, 5.41) is 16.2. The van der Waals surface area contributed by atoms with Crippen molar-refractivity contribution in [3.8, 4) is 0 Å². The highest BCUT2D eigenvalue weighted by Crippen LogP contribution is 2.45. The first-order valence-electron chi connectivity index (χ1n) is 5.50. The van der Waals surface area contributed by atoms with E-state index in [1.165, 1.54) is 0 Å². The summed E-state index contributed by atoms with van der Waals surface area (Å²) in [6.45, 7) is 0.629. The Kier molecular flexibility index (Phi) is 3.91. The van der Waals surface area contributed by atoms with Crippen molar-refractivity contribution in [1.29, 1.82) is 0 Å². The summed E-state index contributed by atoms with van der Waals surface area (Å²) in [6, 6.07) is 1.59. The number of thiophene rings is 1. The Labute approximate surface area is 117 Å². The van der Waals surface area contributed by atoms with Crippen LogP contribution in [-0.2, 0) is 11.3 Å². The second-order valence-electron chi connectivity index (χ2n) is 4.31. The number of carboxylic acids is 1. The molecule has 1 aliphatic carbocycles. The number of amides is 2. The summed E-state index contributed by atoms with van der Waals surface area (Å²) in [5.74, 6) is -0.830. The third kappa shape index (κ3) is 3.02. The second kappa shape index (κ2) is 5.27. The van der Waals surface area contributed by atoms with E-state index in [1.807, 2.05) is 11.4 Å². The number of carbonyl (C=O) groups excluding carboxylic acids is 1. The number of nitrogens with one attached hydrogen (secondary N) is 2. The van der Waals surface area contributed by atoms with Gasteiger partial charge in [-0.25, -0.2) is 4.79 Å². The Morgan fingerprint density at radius 1 is 1.44 bits per heavy atom. The maximum absolute atomic E-state index is 11.5. The third-order valence-corrected chi connectivity index (χ3v) is 4.92. The van der Waals surface area contributed by atoms with Crippen molar-refractivity contribution in [2.75, 3.05) is 6.54 Å². The third-order valence-electron chi connectivity index (χ3n) is 3.00. The van der Waals surface area contributed by atoms with Gasteiger partial charge in [-0.1, -0.05) is 0 Å². The molecule has 98 valence electrons. The monoisotopic (exact) mass is 332 g/mol. The minimum Gasteiger partial charge on any atom is -0.481 e. The molecule has 3 N–H and O–H groups in total. The van der Waals surface area contributed by atoms with Gasteiger partial charge in [0, 0.05) is 15.9 Å². The molecule has 2 rings (SSSR count). The molecule has 2 amide bonds. The highest BCUT2D eigenvalue weighted by Gasteiger charge is 2.50. The molecule has 1 aliphatic rings. The lowest BCUT2D eigenvalue weighted by molar-refractivity contribution is -0.143. The SMILES string of the molecule is O=C(NCc1sccc1Br)NCC1(C(=O)O)CC1. The lowest BCUT2D eigenvalue weighted by Crippen LogP contribution is -2.40. The zero-order chi connectivity index (χ0) is 13.2. The molecule has 1 heterocycles. The van der Waals surface area contributed by atoms with Crippen molar-refractivity contribution < 1.29 is 14.7 Å². The number of aliphatic carboxylic acids is 1. The van der Waals surface area contributed by atoms with Crippen molar-refractivity contribution in [3.05, 3.63) is 20.8 Å². The standard InChI is InChI=1S/C11H13BrN2O3S/c12-7-1-4-18-8(7)5-13-10(17)14-6-11(2-3-11)9(15)16/h1,4H,2-3,5-6H2,(H,15,16)(H2,13,14,17). The molecule has 1 saturated carbocycles. The Bertz CT molecular complexity index is 471. The highest BCUT2D eigenvalue weighted by molar-refractivity contribution is 9.10. The normalized spacial score (nSPS) is 16.1. The molecule has 1 aromatic rings. The predicted octanol–water partition coefficient (Wildman–Crippen LogP) is 2.17. The van der Waals surface area contributed by atoms with Crippen LogP contribution in [0.4, 0.5) is 4.79 Å². The smallest absolute Gasteiger partial charge is 0.315 e. The van der Waals surface area contributed by atoms with E-state index < -0.39 is 11.4 Å². The van der Waals surface area contributed by atoms with E-state index in [0.717, 1.165) is 9.35 Å². The van der Waals surface area contributed by atoms with Gasteiger partial charge in [0.25, 0.3) is 0 Å². The molecule has 0 aromatic carbocycles. The zero-order valence-electron chi connectivity index (χ0n) is 9.53. The number of rotatable bonds is 5. The number of carbonyl (C=O) groups is 2. The largest absolute Gasteiger partial charge is 0.481 e. The van der Waals surface area contributed by atoms with Crippen molar-refractivity contribution in [3.63, 3.8) is 0 Å². The van der Waals surface area contributed by atoms with E-state index >= 15 is 0 Å². The van der Waals surface area contributed by atoms with Gasteiger partial charge in [-0.15, -0.1) is 11.3 Å². The number of hydrogen-bond donors (Lipinski definition) is 3. The van der Waals surface area contributed by atoms with Crippen LogP contribution in [0.2, 0.25) is 0 Å². The van der Waals surface area contributed by atoms with Crippen molar-refractivity contribution in [1.82, 2.24) is 10.6 Å². The summed E-state index contributed by atoms with van der Waals surface area (Å²) < 4.78 is 0.969. The average Bonchev–Trinajstić information content (AvgIpc) is 3.02. The molecule has 18 heavy (non-hydrogen) atoms. The maximum atomic E-state index is 11.5. The van der Waals surface area contributed by atoms with Gasteiger partial charge in [-0.3, -0.25) is 4.79 Å². The van der Waals surface area contributed by atoms with Gasteiger partial charge in [0.05, 0.1) is 12.0 Å². The summed E-state index contributed by atoms with van der Waals surface area (Å²) in [5.41, 5.74) is -0.721. The summed E-state index contributed by atoms with van der Waals surface area (Å²) in [4.78, 5) is 23.5. The van der Waals surface area contributed by atoms with Gasteiger partial charge in [-0.05, 0) is 40.2 Å². The molecular weight excluding hydrogens is 320 g/mol. The van der Waals surface area contributed by atoms with Crippen LogP contribution in [0.5, 0.6) is 0 Å². The van der Waals surface area contributed by atoms with E-state index in [4.69, 9.17) is 5.11 Å². The fourth-order valence-electron chi connectivity index (χ4n) is 1.54. The first-order chi connectivity index (χ1) is 8.53. The fourth-order valence-corrected chi connectivity index (χ4v) is 2.97. The lowest BCUT2D eigenvalue weighted by atomic mass is 10.1. The van der Waals surface area contributed by atoms with Crippen LogP contribution in [0, 0.1) is 5.41 Å². The highest BCUT2D eigenvalue weighted by atomic mass is 79.9. The van der Waals surface area contributed by atoms with Crippen molar-refractivity contribution in [2.24, 2.45) is 5.41 Å². The van der Waals surface area contributed by atoms with Gasteiger partial charge >= 0.3 is 12.0 Å². The minimum absolute atomic E-state index is 0.194. The van der Waals surface area contributed by atoms with Crippen LogP contribution in [0.3, 0.4) is 0 Å². The number of halogens is 1. The topological polar surface area (TPSA) is 78.4 Å². The van der Waals surface area contributed by atoms with Gasteiger partial charge in [0.15, 0.2) is 0 Å². The average molecular weight is 333 g/mol. The summed E-state index contributed by atoms with van der Waals surface area (Å²) >= 11 is 4.93. The lowest BCUT2D eigenvalue weighted by Gasteiger charge is -2.11. The molecule has 0 atom stereocenters. The fraction of sp³-hybridized carbons (Fsp3) is 0.455. The molecule has 7 heteroatoms. The van der Waals surface area contributed by atoms with Gasteiger partial charge in [-0.2, -0.15) is 0 Å². The maximum Gasteiger partial charge on any atom is 0.315 e. The van der Waals surface area contributed by atoms with Gasteiger partial charge in [0.1, 0.15) is 0 Å². The second-order valence-corrected chi connectivity index (χ2v) is 6.17. The number of urea groups is 1. The molecule has 1 fully saturated rings. The first kappa shape index (κ1) is 13.4. The Morgan fingerprint density at radius 3 is 2.67 bits per heavy atom. The van der Waals surface area contributed by atoms with Crippen LogP contribution >= 0.6 is 27.3 Å². The number of carboxylic acid groups (broad SMARTS) is 1. The Morgan fingerprint density at radius 2 is 2.17 bits per heavy atom. The van der Waals surface area contributed by atoms with E-state index in [1.54, 1.807) is 11.3 Å². The van der Waals surface area contributed by atoms with Crippen molar-refractivity contribution in [2.45, 2.75) is 19.4 Å². The van der Waals surface area contributed by atoms with E-state index in [-0.39, 0.29) is 12.6 Å². The van der Waals surface area contributed by atoms with E-state index in [9.17, 15) is 9.59 Å². The quantitative estimate of drug-likeness (QED) is 0.773. The molecule has 0 radical (unpaired) electrons. The molecule has 0 unspecified atom stereocenters. The molecule has 1 aromatic heterocycles. The van der Waals surface area contributed by atoms with Crippen LogP contribution in [0.1, 0.15) is 17.7 Å². The van der Waals surface area contributed by atoms with Crippen LogP contribution in [0.25, 0.3) is 0 Å². The van der Waals surface area contributed by atoms with Crippen LogP contribution in [-0.4, -0.2) is 23.7 Å². The van der Waals surface area contributed by atoms with E-state index in [0.29, 0.717) is 19.4 Å². The Hall–Kier alpha value is -1.08. The zero-order valence-corrected chi connectivity index (χ0v) is 11.9. The van der Waals surface area contributed by atoms with Crippen LogP contribution < -0.4 is 10.6 Å². The van der Waals surface area contributed by atoms with Crippen LogP contribution in [0.15, 0.2) is 15.9 Å². The molecule has 0 spiro atoms.